The molecule has 0 atom stereocenters. The number of hydrogen-bond donors (Lipinski definition) is 0. The van der Waals surface area contributed by atoms with Crippen molar-refractivity contribution in [2.75, 3.05) is 0 Å². The van der Waals surface area contributed by atoms with Crippen LogP contribution in [-0.4, -0.2) is 24.9 Å². The van der Waals surface area contributed by atoms with Gasteiger partial charge in [0.25, 0.3) is 0 Å². The molecule has 0 saturated carbocycles. The van der Waals surface area contributed by atoms with E-state index in [0.29, 0.717) is 11.8 Å². The second-order valence-corrected chi connectivity index (χ2v) is 7.99. The summed E-state index contributed by atoms with van der Waals surface area (Å²) in [4.78, 5) is 21.4. The molecule has 0 N–H and O–H groups in total. The molecule has 0 radical (unpaired) electrons. The molecule has 5 nitrogen and oxygen atoms in total. The minimum Gasteiger partial charge on any atom is -0.265 e. The van der Waals surface area contributed by atoms with Gasteiger partial charge in [0.1, 0.15) is 6.33 Å². The van der Waals surface area contributed by atoms with Crippen LogP contribution in [0.4, 0.5) is 0 Å². The van der Waals surface area contributed by atoms with Crippen LogP contribution >= 0.6 is 0 Å². The Hall–Kier alpha value is -3.47. The van der Waals surface area contributed by atoms with E-state index >= 15 is 0 Å². The number of rotatable bonds is 4. The summed E-state index contributed by atoms with van der Waals surface area (Å²) in [6.07, 6.45) is 7.02. The second kappa shape index (κ2) is 10.5. The van der Waals surface area contributed by atoms with Crippen LogP contribution in [0.2, 0.25) is 0 Å². The maximum absolute atomic E-state index is 4.56. The number of nitrogens with zero attached hydrogens (tertiary/aromatic N) is 5. The van der Waals surface area contributed by atoms with Gasteiger partial charge in [0, 0.05) is 41.1 Å². The molecule has 0 spiro atoms. The van der Waals surface area contributed by atoms with Gasteiger partial charge in [-0.3, -0.25) is 4.98 Å². The van der Waals surface area contributed by atoms with Crippen LogP contribution in [-0.2, 0) is 0 Å². The van der Waals surface area contributed by atoms with E-state index in [4.69, 9.17) is 0 Å². The summed E-state index contributed by atoms with van der Waals surface area (Å²) < 4.78 is 0. The number of aryl methyl sites for hydroxylation is 1. The molecule has 0 aliphatic heterocycles. The van der Waals surface area contributed by atoms with Crippen molar-refractivity contribution in [3.8, 4) is 22.5 Å². The Morgan fingerprint density at radius 3 is 2.10 bits per heavy atom. The van der Waals surface area contributed by atoms with E-state index < -0.39 is 0 Å². The lowest BCUT2D eigenvalue weighted by Gasteiger charge is -2.10. The first-order chi connectivity index (χ1) is 15.0. The summed E-state index contributed by atoms with van der Waals surface area (Å²) in [7, 11) is 0. The Morgan fingerprint density at radius 1 is 0.742 bits per heavy atom. The molecule has 0 aliphatic carbocycles. The Bertz CT molecular complexity index is 1090. The SMILES string of the molecule is CC(C)c1ncncc1-c1ccccc1.Cc1cc(C(C)C)nc(-c2ccncc2)n1. The van der Waals surface area contributed by atoms with Gasteiger partial charge in [-0.05, 0) is 42.5 Å². The molecule has 3 heterocycles. The molecule has 1 aromatic carbocycles. The standard InChI is InChI=1S/C13H15N3.C13H14N2/c1-9(2)12-8-10(3)15-13(16-12)11-4-6-14-7-5-11;1-10(2)13-12(8-14-9-15-13)11-6-4-3-5-7-11/h4-9H,1-3H3;3-10H,1-2H3. The fourth-order valence-corrected chi connectivity index (χ4v) is 3.16. The molecule has 0 amide bonds. The Labute approximate surface area is 184 Å². The van der Waals surface area contributed by atoms with Crippen LogP contribution in [0.3, 0.4) is 0 Å². The largest absolute Gasteiger partial charge is 0.265 e. The van der Waals surface area contributed by atoms with Gasteiger partial charge in [-0.1, -0.05) is 58.0 Å². The average Bonchev–Trinajstić information content (AvgIpc) is 2.80. The predicted octanol–water partition coefficient (Wildman–Crippen LogP) is 6.24. The fourth-order valence-electron chi connectivity index (χ4n) is 3.16. The molecule has 3 aromatic heterocycles. The monoisotopic (exact) mass is 411 g/mol. The van der Waals surface area contributed by atoms with Crippen LogP contribution in [0.1, 0.15) is 56.6 Å². The smallest absolute Gasteiger partial charge is 0.159 e. The molecule has 158 valence electrons. The van der Waals surface area contributed by atoms with Gasteiger partial charge in [0.2, 0.25) is 0 Å². The average molecular weight is 412 g/mol. The van der Waals surface area contributed by atoms with E-state index in [-0.39, 0.29) is 0 Å². The molecule has 31 heavy (non-hydrogen) atoms. The predicted molar refractivity (Wildman–Crippen MR) is 126 cm³/mol. The Kier molecular flexibility index (Phi) is 7.55. The quantitative estimate of drug-likeness (QED) is 0.398. The third-order valence-corrected chi connectivity index (χ3v) is 4.78. The molecule has 0 unspecified atom stereocenters. The number of pyridine rings is 1. The summed E-state index contributed by atoms with van der Waals surface area (Å²) in [5.74, 6) is 1.62. The van der Waals surface area contributed by atoms with Gasteiger partial charge in [-0.25, -0.2) is 19.9 Å². The van der Waals surface area contributed by atoms with Crippen molar-refractivity contribution < 1.29 is 0 Å². The first-order valence-electron chi connectivity index (χ1n) is 10.6. The highest BCUT2D eigenvalue weighted by molar-refractivity contribution is 5.65. The van der Waals surface area contributed by atoms with Crippen LogP contribution < -0.4 is 0 Å². The van der Waals surface area contributed by atoms with Gasteiger partial charge in [0.05, 0.1) is 5.69 Å². The molecule has 0 bridgehead atoms. The number of hydrogen-bond acceptors (Lipinski definition) is 5. The summed E-state index contributed by atoms with van der Waals surface area (Å²) in [6, 6.07) is 16.2. The Balaban J connectivity index is 0.000000176. The van der Waals surface area contributed by atoms with Crippen molar-refractivity contribution in [3.05, 3.63) is 90.5 Å². The van der Waals surface area contributed by atoms with E-state index in [1.54, 1.807) is 18.7 Å². The normalized spacial score (nSPS) is 10.7. The fraction of sp³-hybridized carbons (Fsp3) is 0.269. The minimum absolute atomic E-state index is 0.419. The van der Waals surface area contributed by atoms with Gasteiger partial charge in [0.15, 0.2) is 5.82 Å². The topological polar surface area (TPSA) is 64.5 Å². The maximum atomic E-state index is 4.56. The van der Waals surface area contributed by atoms with Crippen molar-refractivity contribution in [2.24, 2.45) is 0 Å². The van der Waals surface area contributed by atoms with Crippen molar-refractivity contribution in [3.63, 3.8) is 0 Å². The molecule has 0 saturated heterocycles. The summed E-state index contributed by atoms with van der Waals surface area (Å²) >= 11 is 0. The lowest BCUT2D eigenvalue weighted by atomic mass is 9.99. The highest BCUT2D eigenvalue weighted by atomic mass is 14.9. The number of aromatic nitrogens is 5. The summed E-state index contributed by atoms with van der Waals surface area (Å²) in [5, 5.41) is 0. The zero-order chi connectivity index (χ0) is 22.2. The zero-order valence-electron chi connectivity index (χ0n) is 18.8. The second-order valence-electron chi connectivity index (χ2n) is 7.99. The third kappa shape index (κ3) is 6.01. The van der Waals surface area contributed by atoms with E-state index in [1.807, 2.05) is 49.5 Å². The molecular formula is C26H29N5. The maximum Gasteiger partial charge on any atom is 0.159 e. The summed E-state index contributed by atoms with van der Waals surface area (Å²) in [5.41, 5.74) is 6.52. The molecule has 0 aliphatic rings. The van der Waals surface area contributed by atoms with Crippen molar-refractivity contribution in [2.45, 2.75) is 46.5 Å². The van der Waals surface area contributed by atoms with Gasteiger partial charge in [-0.15, -0.1) is 0 Å². The molecule has 5 heteroatoms. The highest BCUT2D eigenvalue weighted by Crippen LogP contribution is 2.26. The number of benzene rings is 1. The van der Waals surface area contributed by atoms with E-state index in [9.17, 15) is 0 Å². The summed E-state index contributed by atoms with van der Waals surface area (Å²) in [6.45, 7) is 10.6. The van der Waals surface area contributed by atoms with Crippen molar-refractivity contribution in [1.82, 2.24) is 24.9 Å². The van der Waals surface area contributed by atoms with Crippen molar-refractivity contribution >= 4 is 0 Å². The zero-order valence-corrected chi connectivity index (χ0v) is 18.8. The molecule has 4 rings (SSSR count). The van der Waals surface area contributed by atoms with Crippen LogP contribution in [0, 0.1) is 6.92 Å². The molecule has 0 fully saturated rings. The lowest BCUT2D eigenvalue weighted by Crippen LogP contribution is -1.99. The van der Waals surface area contributed by atoms with E-state index in [2.05, 4.69) is 64.7 Å². The first kappa shape index (κ1) is 22.2. The van der Waals surface area contributed by atoms with Crippen LogP contribution in [0.5, 0.6) is 0 Å². The third-order valence-electron chi connectivity index (χ3n) is 4.78. The first-order valence-corrected chi connectivity index (χ1v) is 10.6. The minimum atomic E-state index is 0.419. The highest BCUT2D eigenvalue weighted by Gasteiger charge is 2.09. The van der Waals surface area contributed by atoms with Crippen molar-refractivity contribution in [1.29, 1.82) is 0 Å². The van der Waals surface area contributed by atoms with Gasteiger partial charge in [-0.2, -0.15) is 0 Å². The van der Waals surface area contributed by atoms with Gasteiger partial charge < -0.3 is 0 Å². The van der Waals surface area contributed by atoms with Crippen LogP contribution in [0.25, 0.3) is 22.5 Å². The van der Waals surface area contributed by atoms with E-state index in [1.165, 1.54) is 5.56 Å². The lowest BCUT2D eigenvalue weighted by molar-refractivity contribution is 0.812. The van der Waals surface area contributed by atoms with Crippen LogP contribution in [0.15, 0.2) is 73.4 Å². The van der Waals surface area contributed by atoms with Gasteiger partial charge >= 0.3 is 0 Å². The molecular weight excluding hydrogens is 382 g/mol. The Morgan fingerprint density at radius 2 is 1.45 bits per heavy atom. The molecule has 4 aromatic rings. The van der Waals surface area contributed by atoms with E-state index in [0.717, 1.165) is 34.0 Å².